The molecule has 4 aromatic rings. The Hall–Kier alpha value is -7.73. The first-order valence-corrected chi connectivity index (χ1v) is 34.7. The van der Waals surface area contributed by atoms with Gasteiger partial charge in [-0.05, 0) is 118 Å². The lowest BCUT2D eigenvalue weighted by molar-refractivity contribution is -0.438. The van der Waals surface area contributed by atoms with E-state index >= 15 is 0 Å². The van der Waals surface area contributed by atoms with Gasteiger partial charge < -0.3 is 51.0 Å². The highest BCUT2D eigenvalue weighted by molar-refractivity contribution is 7.87. The van der Waals surface area contributed by atoms with Gasteiger partial charge in [0.1, 0.15) is 35.0 Å². The smallest absolute Gasteiger partial charge is 0.326 e. The van der Waals surface area contributed by atoms with Crippen LogP contribution in [0.1, 0.15) is 104 Å². The second-order valence-corrected chi connectivity index (χ2v) is 28.3. The number of unbranched alkanes of at least 4 members (excludes halogenated alkanes) is 3. The first-order valence-electron chi connectivity index (χ1n) is 28.9. The molecule has 33 heteroatoms. The Bertz CT molecular complexity index is 4140. The summed E-state index contributed by atoms with van der Waals surface area (Å²) < 4.78 is 154. The molecule has 0 unspecified atom stereocenters. The molecule has 0 radical (unpaired) electrons. The first-order chi connectivity index (χ1) is 42.9. The topological polar surface area (TPSA) is 453 Å². The predicted molar refractivity (Wildman–Crippen MR) is 334 cm³/mol. The van der Waals surface area contributed by atoms with Crippen molar-refractivity contribution in [1.29, 1.82) is 0 Å². The van der Waals surface area contributed by atoms with Gasteiger partial charge in [-0.3, -0.25) is 32.6 Å². The van der Waals surface area contributed by atoms with Gasteiger partial charge in [-0.15, -0.1) is 0 Å². The fourth-order valence-electron chi connectivity index (χ4n) is 11.3. The number of fused-ring (bicyclic) bond motifs is 6. The highest BCUT2D eigenvalue weighted by Crippen LogP contribution is 2.52. The second kappa shape index (κ2) is 30.4. The van der Waals surface area contributed by atoms with Crippen molar-refractivity contribution in [1.82, 2.24) is 21.3 Å². The molecule has 0 fully saturated rings. The number of allylic oxidation sites excluding steroid dienone is 6. The molecule has 0 aromatic heterocycles. The van der Waals surface area contributed by atoms with Gasteiger partial charge in [0.15, 0.2) is 5.71 Å². The number of likely N-dealkylation sites (N-methyl/N-ethyl adjacent to an activating group) is 1. The monoisotopic (exact) mass is 1360 g/mol. The van der Waals surface area contributed by atoms with Crippen LogP contribution in [-0.2, 0) is 84.7 Å². The van der Waals surface area contributed by atoms with Crippen LogP contribution in [0.3, 0.4) is 0 Å². The average Bonchev–Trinajstić information content (AvgIpc) is 1.52. The lowest BCUT2D eigenvalue weighted by Gasteiger charge is -2.26. The van der Waals surface area contributed by atoms with E-state index in [0.29, 0.717) is 79.1 Å². The minimum Gasteiger partial charge on any atom is -0.481 e. The van der Waals surface area contributed by atoms with E-state index in [1.807, 2.05) is 61.6 Å². The third-order valence-electron chi connectivity index (χ3n) is 15.5. The largest absolute Gasteiger partial charge is 0.481 e. The number of hydrogen-bond donors (Lipinski definition) is 11. The fourth-order valence-corrected chi connectivity index (χ4v) is 14.0. The SMILES string of the molecule is CCN1/C(=C/C=C/C=C/C2=[N+](CCCCCC(=O)NCCOCCOCC(=O)NCCCC[C@H](NC(=O)N[C@@H](CCC(=O)O)C(=O)O)C(=O)O)c3ccc4c(S(=O)(=O)O)cc(S(=O)(=O)O)cc4c3C2(C)C)C(C)(C)c2c1ccc1c(S(=O)(=O)O)cc(S(=O)(=O)O)cc21. The van der Waals surface area contributed by atoms with Crippen LogP contribution in [0.2, 0.25) is 0 Å². The van der Waals surface area contributed by atoms with Gasteiger partial charge in [0, 0.05) is 84.2 Å². The zero-order valence-electron chi connectivity index (χ0n) is 50.9. The number of carbonyl (C=O) groups is 6. The van der Waals surface area contributed by atoms with Crippen LogP contribution in [0.25, 0.3) is 21.5 Å². The number of nitrogens with zero attached hydrogens (tertiary/aromatic N) is 2. The molecule has 2 heterocycles. The summed E-state index contributed by atoms with van der Waals surface area (Å²) in [6.45, 7) is 10.4. The van der Waals surface area contributed by atoms with E-state index in [2.05, 4.69) is 16.0 Å². The summed E-state index contributed by atoms with van der Waals surface area (Å²) in [6, 6.07) is 5.89. The molecule has 0 bridgehead atoms. The Morgan fingerprint density at radius 3 is 1.72 bits per heavy atom. The molecule has 11 N–H and O–H groups in total. The van der Waals surface area contributed by atoms with Crippen molar-refractivity contribution in [3.63, 3.8) is 0 Å². The molecule has 4 amide bonds. The van der Waals surface area contributed by atoms with Crippen molar-refractivity contribution in [2.75, 3.05) is 57.5 Å². The van der Waals surface area contributed by atoms with E-state index in [-0.39, 0.29) is 86.2 Å². The Balaban J connectivity index is 1.04. The highest BCUT2D eigenvalue weighted by atomic mass is 32.2. The van der Waals surface area contributed by atoms with Crippen LogP contribution in [0, 0.1) is 0 Å². The van der Waals surface area contributed by atoms with E-state index in [0.717, 1.165) is 11.8 Å². The number of aliphatic carboxylic acids is 3. The summed E-state index contributed by atoms with van der Waals surface area (Å²) in [5.74, 6) is -4.83. The summed E-state index contributed by atoms with van der Waals surface area (Å²) in [7, 11) is -19.9. The summed E-state index contributed by atoms with van der Waals surface area (Å²) >= 11 is 0. The summed E-state index contributed by atoms with van der Waals surface area (Å²) in [5, 5.41) is 37.4. The number of amides is 4. The van der Waals surface area contributed by atoms with Crippen molar-refractivity contribution >= 4 is 115 Å². The van der Waals surface area contributed by atoms with Gasteiger partial charge >= 0.3 is 23.9 Å². The Kier molecular flexibility index (Phi) is 24.2. The standard InChI is InChI=1S/C59H74N6O23S4/c1-6-64-44-22-19-38-40(31-36(89(75,76)77)33-46(38)91(81,82)83)53(44)58(2,3)48(64)16-9-7-10-17-49-59(4,5)54-41-32-37(90(78,79)80)34-47(92(84,85)86)39(41)20-23-45(54)65(49)27-14-8-11-18-50(66)61-26-28-87-29-30-88-35-51(67)60-25-13-12-15-42(55(70)71)62-57(74)63-43(56(72)73)21-24-52(68)69/h7,9-10,16-17,19-20,22-23,31-34,42-43H,6,8,11-15,18,21,24-30,35H2,1-5H3,(H10-,60,61,62,63,66,67,68,69,70,71,72,73,74,75,76,77,78,79,80,81,82,83,84,85,86)/p+1/t42-,43-/m0/s1. The molecule has 0 aliphatic carbocycles. The predicted octanol–water partition coefficient (Wildman–Crippen LogP) is 5.24. The third kappa shape index (κ3) is 18.3. The van der Waals surface area contributed by atoms with Crippen molar-refractivity contribution in [2.24, 2.45) is 0 Å². The average molecular weight is 1360 g/mol. The fraction of sp³-hybridized carbons (Fsp3) is 0.441. The molecule has 2 aliphatic rings. The van der Waals surface area contributed by atoms with Crippen LogP contribution in [0.4, 0.5) is 16.2 Å². The van der Waals surface area contributed by atoms with Crippen LogP contribution in [-0.4, -0.2) is 178 Å². The lowest BCUT2D eigenvalue weighted by atomic mass is 9.79. The second-order valence-electron chi connectivity index (χ2n) is 22.7. The van der Waals surface area contributed by atoms with E-state index in [1.54, 1.807) is 30.4 Å². The Morgan fingerprint density at radius 2 is 1.15 bits per heavy atom. The molecule has 2 aliphatic heterocycles. The van der Waals surface area contributed by atoms with Crippen molar-refractivity contribution in [3.8, 4) is 0 Å². The highest BCUT2D eigenvalue weighted by Gasteiger charge is 2.46. The molecule has 0 spiro atoms. The maximum Gasteiger partial charge on any atom is 0.326 e. The number of nitrogens with one attached hydrogen (secondary N) is 4. The molecule has 29 nitrogen and oxygen atoms in total. The normalized spacial score (nSPS) is 15.9. The number of hydrogen-bond acceptors (Lipinski definition) is 17. The number of rotatable bonds is 34. The van der Waals surface area contributed by atoms with Crippen molar-refractivity contribution in [3.05, 3.63) is 95.7 Å². The van der Waals surface area contributed by atoms with E-state index in [1.165, 1.54) is 18.2 Å². The number of ether oxygens (including phenoxy) is 2. The van der Waals surface area contributed by atoms with Gasteiger partial charge in [0.25, 0.3) is 40.5 Å². The number of anilines is 1. The number of carboxylic acids is 3. The quantitative estimate of drug-likeness (QED) is 0.0123. The van der Waals surface area contributed by atoms with Crippen LogP contribution in [0.5, 0.6) is 0 Å². The minimum absolute atomic E-state index is 0.00249. The van der Waals surface area contributed by atoms with Crippen LogP contribution < -0.4 is 26.2 Å². The third-order valence-corrected chi connectivity index (χ3v) is 19.0. The summed E-state index contributed by atoms with van der Waals surface area (Å²) in [5.41, 5.74) is 1.73. The number of carboxylic acid groups (broad SMARTS) is 3. The minimum atomic E-state index is -5.02. The van der Waals surface area contributed by atoms with Gasteiger partial charge in [-0.2, -0.15) is 38.2 Å². The molecule has 6 rings (SSSR count). The Morgan fingerprint density at radius 1 is 0.587 bits per heavy atom. The number of benzene rings is 4. The van der Waals surface area contributed by atoms with Crippen LogP contribution in [0.15, 0.2) is 104 Å². The molecule has 92 heavy (non-hydrogen) atoms. The molecule has 4 aromatic carbocycles. The summed E-state index contributed by atoms with van der Waals surface area (Å²) in [4.78, 5) is 70.0. The Labute approximate surface area is 531 Å². The van der Waals surface area contributed by atoms with E-state index in [9.17, 15) is 90.9 Å². The molecule has 502 valence electrons. The van der Waals surface area contributed by atoms with Gasteiger partial charge in [0.2, 0.25) is 17.5 Å². The maximum atomic E-state index is 12.8. The van der Waals surface area contributed by atoms with Crippen LogP contribution >= 0.6 is 0 Å². The van der Waals surface area contributed by atoms with Gasteiger partial charge in [0.05, 0.1) is 35.0 Å². The number of urea groups is 1. The molecular formula is C59H75N6O23S4+. The van der Waals surface area contributed by atoms with E-state index in [4.69, 9.17) is 14.6 Å². The first kappa shape index (κ1) is 73.3. The van der Waals surface area contributed by atoms with Crippen molar-refractivity contribution in [2.45, 2.75) is 135 Å². The molecule has 0 saturated carbocycles. The molecular weight excluding hydrogens is 1290 g/mol. The zero-order valence-corrected chi connectivity index (χ0v) is 54.1. The lowest BCUT2D eigenvalue weighted by Crippen LogP contribution is -2.51. The molecule has 2 atom stereocenters. The van der Waals surface area contributed by atoms with E-state index < -0.39 is 126 Å². The zero-order chi connectivity index (χ0) is 68.3. The number of carbonyl (C=O) groups excluding carboxylic acids is 3. The maximum absolute atomic E-state index is 12.8. The summed E-state index contributed by atoms with van der Waals surface area (Å²) in [6.07, 6.45) is 10.2. The van der Waals surface area contributed by atoms with Gasteiger partial charge in [-0.1, -0.05) is 38.1 Å². The van der Waals surface area contributed by atoms with Crippen molar-refractivity contribution < 1.29 is 110 Å². The molecule has 0 saturated heterocycles. The van der Waals surface area contributed by atoms with Gasteiger partial charge in [-0.25, -0.2) is 14.4 Å².